The molecule has 56 valence electrons. The van der Waals surface area contributed by atoms with Gasteiger partial charge in [0.2, 0.25) is 0 Å². The fourth-order valence-corrected chi connectivity index (χ4v) is 0.634. The van der Waals surface area contributed by atoms with Crippen molar-refractivity contribution in [2.45, 2.75) is 26.2 Å². The van der Waals surface area contributed by atoms with Gasteiger partial charge in [-0.15, -0.1) is 0 Å². The van der Waals surface area contributed by atoms with Crippen molar-refractivity contribution in [1.82, 2.24) is 0 Å². The lowest BCUT2D eigenvalue weighted by molar-refractivity contribution is 0.954. The smallest absolute Gasteiger partial charge is 0.0166 e. The van der Waals surface area contributed by atoms with Crippen molar-refractivity contribution in [1.29, 1.82) is 0 Å². The average molecular weight is 136 g/mol. The zero-order chi connectivity index (χ0) is 7.66. The van der Waals surface area contributed by atoms with Gasteiger partial charge in [-0.3, -0.25) is 0 Å². The van der Waals surface area contributed by atoms with Gasteiger partial charge < -0.3 is 0 Å². The number of unbranched alkanes of at least 4 members (excludes halogenated alkanes) is 1. The van der Waals surface area contributed by atoms with E-state index >= 15 is 0 Å². The van der Waals surface area contributed by atoms with E-state index < -0.39 is 0 Å². The summed E-state index contributed by atoms with van der Waals surface area (Å²) >= 11 is 0. The average Bonchev–Trinajstić information content (AvgIpc) is 1.97. The van der Waals surface area contributed by atoms with Crippen LogP contribution in [0.3, 0.4) is 0 Å². The summed E-state index contributed by atoms with van der Waals surface area (Å²) in [7, 11) is 0. The van der Waals surface area contributed by atoms with E-state index in [4.69, 9.17) is 0 Å². The summed E-state index contributed by atoms with van der Waals surface area (Å²) < 4.78 is 0. The lowest BCUT2D eigenvalue weighted by Crippen LogP contribution is -1.61. The van der Waals surface area contributed by atoms with E-state index in [0.29, 0.717) is 0 Å². The van der Waals surface area contributed by atoms with Crippen LogP contribution in [0.2, 0.25) is 0 Å². The molecule has 0 bridgehead atoms. The van der Waals surface area contributed by atoms with Gasteiger partial charge in [0.25, 0.3) is 0 Å². The molecule has 0 amide bonds. The molecule has 0 spiro atoms. The maximum atomic E-state index is 3.58. The molecular formula is C10H16. The molecule has 0 radical (unpaired) electrons. The quantitative estimate of drug-likeness (QED) is 0.401. The molecule has 0 aromatic carbocycles. The number of hydrogen-bond acceptors (Lipinski definition) is 0. The summed E-state index contributed by atoms with van der Waals surface area (Å²) in [5.74, 6) is 0. The van der Waals surface area contributed by atoms with Crippen LogP contribution >= 0.6 is 0 Å². The van der Waals surface area contributed by atoms with Crippen LogP contribution in [0.15, 0.2) is 37.0 Å². The molecule has 0 saturated carbocycles. The highest BCUT2D eigenvalue weighted by Gasteiger charge is 1.71. The van der Waals surface area contributed by atoms with Crippen LogP contribution in [0, 0.1) is 0 Å². The Kier molecular flexibility index (Phi) is 7.58. The van der Waals surface area contributed by atoms with Crippen LogP contribution in [-0.4, -0.2) is 0 Å². The standard InChI is InChI=1S/C10H16/c1-3-5-7-9-10-8-6-4-2/h3,5,7-8,10H,1,4,6,9H2,2H3/b7-5+,10-8+. The van der Waals surface area contributed by atoms with Gasteiger partial charge in [-0.1, -0.05) is 50.3 Å². The lowest BCUT2D eigenvalue weighted by atomic mass is 10.3. The fraction of sp³-hybridized carbons (Fsp3) is 0.400. The van der Waals surface area contributed by atoms with Gasteiger partial charge in [0.05, 0.1) is 0 Å². The molecule has 0 aromatic rings. The molecule has 0 atom stereocenters. The zero-order valence-corrected chi connectivity index (χ0v) is 6.72. The molecule has 0 N–H and O–H groups in total. The van der Waals surface area contributed by atoms with Gasteiger partial charge in [0, 0.05) is 0 Å². The second-order valence-electron chi connectivity index (χ2n) is 2.16. The zero-order valence-electron chi connectivity index (χ0n) is 6.72. The Morgan fingerprint density at radius 2 is 2.00 bits per heavy atom. The van der Waals surface area contributed by atoms with Crippen LogP contribution in [-0.2, 0) is 0 Å². The number of hydrogen-bond donors (Lipinski definition) is 0. The normalized spacial score (nSPS) is 11.3. The van der Waals surface area contributed by atoms with E-state index in [9.17, 15) is 0 Å². The maximum absolute atomic E-state index is 3.58. The minimum atomic E-state index is 1.03. The molecule has 0 saturated heterocycles. The summed E-state index contributed by atoms with van der Waals surface area (Å²) in [5.41, 5.74) is 0. The molecule has 0 heterocycles. The predicted octanol–water partition coefficient (Wildman–Crippen LogP) is 3.48. The van der Waals surface area contributed by atoms with Gasteiger partial charge in [0.1, 0.15) is 0 Å². The minimum absolute atomic E-state index is 1.03. The Hall–Kier alpha value is -0.780. The largest absolute Gasteiger partial charge is 0.0991 e. The van der Waals surface area contributed by atoms with Crippen LogP contribution in [0.1, 0.15) is 26.2 Å². The predicted molar refractivity (Wildman–Crippen MR) is 48.0 cm³/mol. The van der Waals surface area contributed by atoms with Gasteiger partial charge in [0.15, 0.2) is 0 Å². The van der Waals surface area contributed by atoms with Crippen LogP contribution < -0.4 is 0 Å². The van der Waals surface area contributed by atoms with Crippen molar-refractivity contribution in [2.75, 3.05) is 0 Å². The highest BCUT2D eigenvalue weighted by molar-refractivity contribution is 5.00. The third kappa shape index (κ3) is 7.22. The monoisotopic (exact) mass is 136 g/mol. The molecule has 0 heteroatoms. The van der Waals surface area contributed by atoms with E-state index in [0.717, 1.165) is 6.42 Å². The maximum Gasteiger partial charge on any atom is -0.0166 e. The van der Waals surface area contributed by atoms with Crippen LogP contribution in [0.4, 0.5) is 0 Å². The molecule has 0 aliphatic carbocycles. The van der Waals surface area contributed by atoms with E-state index in [1.165, 1.54) is 12.8 Å². The Bertz CT molecular complexity index is 118. The number of allylic oxidation sites excluding steroid dienone is 5. The van der Waals surface area contributed by atoms with E-state index in [1.54, 1.807) is 6.08 Å². The van der Waals surface area contributed by atoms with Crippen molar-refractivity contribution in [3.05, 3.63) is 37.0 Å². The first-order chi connectivity index (χ1) is 4.91. The Morgan fingerprint density at radius 1 is 1.20 bits per heavy atom. The molecule has 0 aliphatic heterocycles. The first kappa shape index (κ1) is 9.22. The van der Waals surface area contributed by atoms with E-state index in [2.05, 4.69) is 31.7 Å². The molecule has 0 aromatic heterocycles. The van der Waals surface area contributed by atoms with Crippen molar-refractivity contribution in [3.8, 4) is 0 Å². The van der Waals surface area contributed by atoms with Gasteiger partial charge in [-0.2, -0.15) is 0 Å². The molecule has 10 heavy (non-hydrogen) atoms. The topological polar surface area (TPSA) is 0 Å². The first-order valence-corrected chi connectivity index (χ1v) is 3.84. The molecule has 0 nitrogen and oxygen atoms in total. The summed E-state index contributed by atoms with van der Waals surface area (Å²) in [6, 6.07) is 0. The van der Waals surface area contributed by atoms with Gasteiger partial charge in [-0.05, 0) is 12.8 Å². The second kappa shape index (κ2) is 8.22. The van der Waals surface area contributed by atoms with Gasteiger partial charge in [-0.25, -0.2) is 0 Å². The van der Waals surface area contributed by atoms with Crippen LogP contribution in [0.25, 0.3) is 0 Å². The summed E-state index contributed by atoms with van der Waals surface area (Å²) in [6.07, 6.45) is 13.7. The summed E-state index contributed by atoms with van der Waals surface area (Å²) in [5, 5.41) is 0. The van der Waals surface area contributed by atoms with Crippen molar-refractivity contribution in [2.24, 2.45) is 0 Å². The summed E-state index contributed by atoms with van der Waals surface area (Å²) in [6.45, 7) is 5.77. The SMILES string of the molecule is C=C/C=C/C/C=C/CCC. The Morgan fingerprint density at radius 3 is 2.60 bits per heavy atom. The first-order valence-electron chi connectivity index (χ1n) is 3.84. The third-order valence-electron chi connectivity index (χ3n) is 1.17. The molecular weight excluding hydrogens is 120 g/mol. The highest BCUT2D eigenvalue weighted by Crippen LogP contribution is 1.91. The molecule has 0 unspecified atom stereocenters. The van der Waals surface area contributed by atoms with Crippen molar-refractivity contribution < 1.29 is 0 Å². The van der Waals surface area contributed by atoms with E-state index in [-0.39, 0.29) is 0 Å². The molecule has 0 aliphatic rings. The minimum Gasteiger partial charge on any atom is -0.0991 e. The van der Waals surface area contributed by atoms with Crippen molar-refractivity contribution >= 4 is 0 Å². The third-order valence-corrected chi connectivity index (χ3v) is 1.17. The van der Waals surface area contributed by atoms with E-state index in [1.807, 2.05) is 6.08 Å². The van der Waals surface area contributed by atoms with Crippen molar-refractivity contribution in [3.63, 3.8) is 0 Å². The highest BCUT2D eigenvalue weighted by atomic mass is 13.8. The van der Waals surface area contributed by atoms with Crippen LogP contribution in [0.5, 0.6) is 0 Å². The second-order valence-corrected chi connectivity index (χ2v) is 2.16. The number of rotatable bonds is 5. The lowest BCUT2D eigenvalue weighted by Gasteiger charge is -1.82. The summed E-state index contributed by atoms with van der Waals surface area (Å²) in [4.78, 5) is 0. The molecule has 0 fully saturated rings. The fourth-order valence-electron chi connectivity index (χ4n) is 0.634. The molecule has 0 rings (SSSR count). The van der Waals surface area contributed by atoms with Gasteiger partial charge >= 0.3 is 0 Å². The Labute approximate surface area is 64.0 Å². The Balaban J connectivity index is 3.17.